The fourth-order valence-electron chi connectivity index (χ4n) is 1.03. The van der Waals surface area contributed by atoms with Crippen LogP contribution >= 0.6 is 0 Å². The summed E-state index contributed by atoms with van der Waals surface area (Å²) in [5, 5.41) is 12.0. The van der Waals surface area contributed by atoms with Crippen molar-refractivity contribution in [2.24, 2.45) is 5.18 Å². The maximum absolute atomic E-state index is 9.81. The lowest BCUT2D eigenvalue weighted by molar-refractivity contribution is 0.373. The number of hydrogen-bond donors (Lipinski definition) is 1. The molecule has 0 saturated heterocycles. The van der Waals surface area contributed by atoms with Crippen LogP contribution in [0.5, 0.6) is 11.5 Å². The molecule has 74 valence electrons. The molecule has 0 aliphatic carbocycles. The summed E-state index contributed by atoms with van der Waals surface area (Å²) in [6.07, 6.45) is 3.38. The molecule has 0 atom stereocenters. The van der Waals surface area contributed by atoms with Crippen LogP contribution in [0, 0.1) is 4.91 Å². The summed E-state index contributed by atoms with van der Waals surface area (Å²) >= 11 is 0. The number of phenolic OH excluding ortho intramolecular Hbond substituents is 1. The van der Waals surface area contributed by atoms with Gasteiger partial charge in [0.15, 0.2) is 11.5 Å². The third-order valence-electron chi connectivity index (χ3n) is 1.69. The van der Waals surface area contributed by atoms with Crippen LogP contribution in [0.3, 0.4) is 0 Å². The van der Waals surface area contributed by atoms with Crippen LogP contribution in [-0.4, -0.2) is 18.8 Å². The van der Waals surface area contributed by atoms with Gasteiger partial charge in [-0.05, 0) is 17.7 Å². The lowest BCUT2D eigenvalue weighted by Crippen LogP contribution is -1.84. The topological polar surface area (TPSA) is 58.9 Å². The van der Waals surface area contributed by atoms with E-state index >= 15 is 0 Å². The number of nitrogens with zero attached hydrogens (tertiary/aromatic N) is 1. The van der Waals surface area contributed by atoms with E-state index in [1.165, 1.54) is 13.2 Å². The highest BCUT2D eigenvalue weighted by Gasteiger charge is 1.99. The van der Waals surface area contributed by atoms with Gasteiger partial charge in [0, 0.05) is 0 Å². The number of aromatic hydroxyl groups is 1. The maximum atomic E-state index is 9.81. The van der Waals surface area contributed by atoms with Crippen molar-refractivity contribution >= 4 is 6.08 Å². The number of benzene rings is 1. The largest absolute Gasteiger partial charge is 0.504 e. The predicted molar refractivity (Wildman–Crippen MR) is 54.4 cm³/mol. The molecule has 4 nitrogen and oxygen atoms in total. The first-order valence-corrected chi connectivity index (χ1v) is 4.10. The Morgan fingerprint density at radius 2 is 2.36 bits per heavy atom. The third kappa shape index (κ3) is 2.58. The normalized spacial score (nSPS) is 10.4. The monoisotopic (exact) mass is 193 g/mol. The van der Waals surface area contributed by atoms with Crippen molar-refractivity contribution in [2.75, 3.05) is 13.7 Å². The third-order valence-corrected chi connectivity index (χ3v) is 1.69. The van der Waals surface area contributed by atoms with Gasteiger partial charge in [-0.25, -0.2) is 0 Å². The molecular formula is C10H11NO3. The van der Waals surface area contributed by atoms with Crippen LogP contribution in [0.1, 0.15) is 5.56 Å². The van der Waals surface area contributed by atoms with E-state index in [1.54, 1.807) is 24.3 Å². The van der Waals surface area contributed by atoms with Crippen LogP contribution in [-0.2, 0) is 0 Å². The molecule has 4 heteroatoms. The molecule has 0 radical (unpaired) electrons. The van der Waals surface area contributed by atoms with E-state index in [2.05, 4.69) is 5.18 Å². The minimum atomic E-state index is 0.0955. The minimum Gasteiger partial charge on any atom is -0.504 e. The van der Waals surface area contributed by atoms with Crippen LogP contribution < -0.4 is 4.74 Å². The summed E-state index contributed by atoms with van der Waals surface area (Å²) < 4.78 is 4.92. The molecule has 0 spiro atoms. The Labute approximate surface area is 81.8 Å². The van der Waals surface area contributed by atoms with Crippen LogP contribution in [0.2, 0.25) is 0 Å². The quantitative estimate of drug-likeness (QED) is 0.745. The summed E-state index contributed by atoms with van der Waals surface area (Å²) in [5.41, 5.74) is 0.850. The van der Waals surface area contributed by atoms with E-state index in [0.717, 1.165) is 5.56 Å². The van der Waals surface area contributed by atoms with Gasteiger partial charge in [-0.2, -0.15) is 4.91 Å². The second kappa shape index (κ2) is 5.01. The lowest BCUT2D eigenvalue weighted by Gasteiger charge is -2.03. The van der Waals surface area contributed by atoms with E-state index < -0.39 is 0 Å². The fraction of sp³-hybridized carbons (Fsp3) is 0.200. The Morgan fingerprint density at radius 1 is 1.57 bits per heavy atom. The molecule has 0 bridgehead atoms. The zero-order valence-electron chi connectivity index (χ0n) is 7.80. The molecule has 0 aromatic heterocycles. The molecule has 1 aromatic rings. The van der Waals surface area contributed by atoms with Gasteiger partial charge in [0.2, 0.25) is 0 Å². The standard InChI is InChI=1S/C10H11NO3/c1-14-10-7-8(3-2-6-11-13)4-5-9(10)12/h2-5,7,12H,6H2,1H3/b3-2+. The minimum absolute atomic E-state index is 0.0955. The molecule has 0 aliphatic rings. The molecule has 0 saturated carbocycles. The molecule has 14 heavy (non-hydrogen) atoms. The second-order valence-electron chi connectivity index (χ2n) is 2.65. The molecule has 0 unspecified atom stereocenters. The van der Waals surface area contributed by atoms with E-state index in [4.69, 9.17) is 4.74 Å². The van der Waals surface area contributed by atoms with Crippen molar-refractivity contribution in [3.05, 3.63) is 34.7 Å². The second-order valence-corrected chi connectivity index (χ2v) is 2.65. The Hall–Kier alpha value is -1.84. The van der Waals surface area contributed by atoms with Crippen molar-refractivity contribution in [3.63, 3.8) is 0 Å². The first-order chi connectivity index (χ1) is 6.77. The van der Waals surface area contributed by atoms with Crippen molar-refractivity contribution in [1.82, 2.24) is 0 Å². The van der Waals surface area contributed by atoms with Gasteiger partial charge in [-0.15, -0.1) is 0 Å². The number of methoxy groups -OCH3 is 1. The van der Waals surface area contributed by atoms with E-state index in [1.807, 2.05) is 0 Å². The summed E-state index contributed by atoms with van der Waals surface area (Å²) in [5.74, 6) is 0.504. The van der Waals surface area contributed by atoms with Crippen LogP contribution in [0.4, 0.5) is 0 Å². The average molecular weight is 193 g/mol. The molecule has 1 N–H and O–H groups in total. The first kappa shape index (κ1) is 10.2. The SMILES string of the molecule is COc1cc(/C=C/CN=O)ccc1O. The summed E-state index contributed by atoms with van der Waals surface area (Å²) in [4.78, 5) is 9.81. The molecule has 0 fully saturated rings. The maximum Gasteiger partial charge on any atom is 0.161 e. The summed E-state index contributed by atoms with van der Waals surface area (Å²) in [7, 11) is 1.48. The van der Waals surface area contributed by atoms with Gasteiger partial charge in [0.25, 0.3) is 0 Å². The number of hydrogen-bond acceptors (Lipinski definition) is 4. The molecule has 0 aliphatic heterocycles. The zero-order chi connectivity index (χ0) is 10.4. The number of phenols is 1. The molecule has 0 amide bonds. The van der Waals surface area contributed by atoms with E-state index in [9.17, 15) is 10.0 Å². The van der Waals surface area contributed by atoms with Gasteiger partial charge in [0.1, 0.15) is 0 Å². The van der Waals surface area contributed by atoms with Gasteiger partial charge in [-0.1, -0.05) is 23.4 Å². The van der Waals surface area contributed by atoms with Gasteiger partial charge < -0.3 is 9.84 Å². The first-order valence-electron chi connectivity index (χ1n) is 4.10. The Balaban J connectivity index is 2.83. The Morgan fingerprint density at radius 3 is 3.00 bits per heavy atom. The summed E-state index contributed by atoms with van der Waals surface area (Å²) in [6.45, 7) is 0.142. The van der Waals surface area contributed by atoms with E-state index in [-0.39, 0.29) is 12.3 Å². The highest BCUT2D eigenvalue weighted by Crippen LogP contribution is 2.26. The van der Waals surface area contributed by atoms with Gasteiger partial charge in [0.05, 0.1) is 13.7 Å². The van der Waals surface area contributed by atoms with Crippen molar-refractivity contribution in [1.29, 1.82) is 0 Å². The van der Waals surface area contributed by atoms with Crippen LogP contribution in [0.15, 0.2) is 29.5 Å². The number of ether oxygens (including phenoxy) is 1. The summed E-state index contributed by atoms with van der Waals surface area (Å²) in [6, 6.07) is 4.93. The average Bonchev–Trinajstić information content (AvgIpc) is 2.21. The smallest absolute Gasteiger partial charge is 0.161 e. The lowest BCUT2D eigenvalue weighted by atomic mass is 10.2. The van der Waals surface area contributed by atoms with Crippen LogP contribution in [0.25, 0.3) is 6.08 Å². The molecule has 1 aromatic carbocycles. The highest BCUT2D eigenvalue weighted by molar-refractivity contribution is 5.55. The zero-order valence-corrected chi connectivity index (χ0v) is 7.80. The fourth-order valence-corrected chi connectivity index (χ4v) is 1.03. The van der Waals surface area contributed by atoms with Gasteiger partial charge in [-0.3, -0.25) is 0 Å². The van der Waals surface area contributed by atoms with Crippen molar-refractivity contribution in [2.45, 2.75) is 0 Å². The Bertz CT molecular complexity index is 347. The molecule has 1 rings (SSSR count). The van der Waals surface area contributed by atoms with Crippen molar-refractivity contribution < 1.29 is 9.84 Å². The molecule has 0 heterocycles. The van der Waals surface area contributed by atoms with E-state index in [0.29, 0.717) is 5.75 Å². The molecular weight excluding hydrogens is 182 g/mol. The van der Waals surface area contributed by atoms with Crippen molar-refractivity contribution in [3.8, 4) is 11.5 Å². The number of rotatable bonds is 4. The number of nitroso groups, excluding NO2 is 1. The Kier molecular flexibility index (Phi) is 3.67. The predicted octanol–water partition coefficient (Wildman–Crippen LogP) is 2.18. The van der Waals surface area contributed by atoms with Gasteiger partial charge >= 0.3 is 0 Å². The highest BCUT2D eigenvalue weighted by atomic mass is 16.5.